The van der Waals surface area contributed by atoms with Crippen molar-refractivity contribution < 1.29 is 13.7 Å². The van der Waals surface area contributed by atoms with Crippen molar-refractivity contribution in [3.63, 3.8) is 0 Å². The smallest absolute Gasteiger partial charge is 0.231 e. The zero-order chi connectivity index (χ0) is 12.4. The van der Waals surface area contributed by atoms with Crippen LogP contribution in [-0.2, 0) is 17.3 Å². The van der Waals surface area contributed by atoms with Crippen molar-refractivity contribution in [1.29, 1.82) is 0 Å². The second-order valence-corrected chi connectivity index (χ2v) is 6.39. The van der Waals surface area contributed by atoms with Gasteiger partial charge in [-0.1, -0.05) is 6.07 Å². The highest BCUT2D eigenvalue weighted by molar-refractivity contribution is 7.85. The van der Waals surface area contributed by atoms with Gasteiger partial charge in [0.05, 0.1) is 0 Å². The van der Waals surface area contributed by atoms with Crippen molar-refractivity contribution in [2.45, 2.75) is 25.4 Å². The zero-order valence-electron chi connectivity index (χ0n) is 10.2. The summed E-state index contributed by atoms with van der Waals surface area (Å²) in [5.41, 5.74) is 1.20. The van der Waals surface area contributed by atoms with Crippen LogP contribution in [-0.4, -0.2) is 28.5 Å². The molecule has 0 amide bonds. The standard InChI is InChI=1S/C13H17NO3S/c15-18-5-3-11(4-6-18)14-8-10-1-2-12-13(7-10)17-9-16-12/h1-2,7,11,14H,3-6,8-9H2. The third kappa shape index (κ3) is 2.67. The number of ether oxygens (including phenoxy) is 2. The summed E-state index contributed by atoms with van der Waals surface area (Å²) in [4.78, 5) is 0. The molecule has 4 nitrogen and oxygen atoms in total. The number of hydrogen-bond donors (Lipinski definition) is 1. The maximum Gasteiger partial charge on any atom is 0.231 e. The van der Waals surface area contributed by atoms with Gasteiger partial charge in [-0.15, -0.1) is 0 Å². The highest BCUT2D eigenvalue weighted by atomic mass is 32.2. The fraction of sp³-hybridized carbons (Fsp3) is 0.538. The van der Waals surface area contributed by atoms with E-state index in [2.05, 4.69) is 11.4 Å². The number of hydrogen-bond acceptors (Lipinski definition) is 4. The number of rotatable bonds is 3. The lowest BCUT2D eigenvalue weighted by Gasteiger charge is -2.22. The minimum Gasteiger partial charge on any atom is -0.454 e. The summed E-state index contributed by atoms with van der Waals surface area (Å²) in [6.45, 7) is 1.15. The molecule has 18 heavy (non-hydrogen) atoms. The molecule has 1 aromatic carbocycles. The lowest BCUT2D eigenvalue weighted by molar-refractivity contribution is 0.174. The monoisotopic (exact) mass is 267 g/mol. The molecule has 0 bridgehead atoms. The van der Waals surface area contributed by atoms with Gasteiger partial charge in [-0.2, -0.15) is 0 Å². The van der Waals surface area contributed by atoms with Crippen LogP contribution in [0.2, 0.25) is 0 Å². The van der Waals surface area contributed by atoms with Crippen LogP contribution in [0.3, 0.4) is 0 Å². The van der Waals surface area contributed by atoms with Gasteiger partial charge in [0.2, 0.25) is 6.79 Å². The van der Waals surface area contributed by atoms with Gasteiger partial charge in [0.15, 0.2) is 11.5 Å². The molecule has 0 unspecified atom stereocenters. The zero-order valence-corrected chi connectivity index (χ0v) is 11.0. The predicted molar refractivity (Wildman–Crippen MR) is 70.3 cm³/mol. The van der Waals surface area contributed by atoms with E-state index in [0.717, 1.165) is 42.4 Å². The van der Waals surface area contributed by atoms with Crippen molar-refractivity contribution in [2.24, 2.45) is 0 Å². The van der Waals surface area contributed by atoms with Gasteiger partial charge in [-0.05, 0) is 30.5 Å². The normalized spacial score (nSPS) is 26.2. The Bertz CT molecular complexity index is 454. The van der Waals surface area contributed by atoms with Crippen molar-refractivity contribution in [3.05, 3.63) is 23.8 Å². The van der Waals surface area contributed by atoms with Gasteiger partial charge in [0.25, 0.3) is 0 Å². The summed E-state index contributed by atoms with van der Waals surface area (Å²) >= 11 is 0. The Morgan fingerprint density at radius 1 is 1.22 bits per heavy atom. The van der Waals surface area contributed by atoms with Crippen molar-refractivity contribution in [3.8, 4) is 11.5 Å². The molecule has 5 heteroatoms. The Hall–Kier alpha value is -1.07. The van der Waals surface area contributed by atoms with Crippen molar-refractivity contribution >= 4 is 10.8 Å². The maximum atomic E-state index is 11.3. The minimum atomic E-state index is -0.585. The fourth-order valence-corrected chi connectivity index (χ4v) is 3.61. The molecule has 0 atom stereocenters. The molecule has 98 valence electrons. The molecule has 0 aromatic heterocycles. The van der Waals surface area contributed by atoms with E-state index in [4.69, 9.17) is 9.47 Å². The van der Waals surface area contributed by atoms with E-state index in [9.17, 15) is 4.21 Å². The van der Waals surface area contributed by atoms with Crippen LogP contribution in [0.5, 0.6) is 11.5 Å². The van der Waals surface area contributed by atoms with E-state index in [-0.39, 0.29) is 0 Å². The van der Waals surface area contributed by atoms with Gasteiger partial charge in [-0.3, -0.25) is 4.21 Å². The lowest BCUT2D eigenvalue weighted by Crippen LogP contribution is -2.35. The third-order valence-corrected chi connectivity index (χ3v) is 4.80. The van der Waals surface area contributed by atoms with E-state index >= 15 is 0 Å². The van der Waals surface area contributed by atoms with E-state index in [1.165, 1.54) is 5.56 Å². The Morgan fingerprint density at radius 3 is 2.83 bits per heavy atom. The first-order valence-corrected chi connectivity index (χ1v) is 7.77. The minimum absolute atomic E-state index is 0.320. The second-order valence-electron chi connectivity index (χ2n) is 4.69. The van der Waals surface area contributed by atoms with Crippen LogP contribution in [0.15, 0.2) is 18.2 Å². The summed E-state index contributed by atoms with van der Waals surface area (Å²) in [7, 11) is -0.585. The van der Waals surface area contributed by atoms with Crippen LogP contribution in [0, 0.1) is 0 Å². The maximum absolute atomic E-state index is 11.3. The molecule has 2 heterocycles. The Morgan fingerprint density at radius 2 is 2.00 bits per heavy atom. The molecule has 2 aliphatic heterocycles. The quantitative estimate of drug-likeness (QED) is 0.899. The summed E-state index contributed by atoms with van der Waals surface area (Å²) in [6.07, 6.45) is 2.02. The Kier molecular flexibility index (Phi) is 3.52. The average Bonchev–Trinajstić information content (AvgIpc) is 2.85. The Labute approximate surface area is 109 Å². The fourth-order valence-electron chi connectivity index (χ4n) is 2.31. The van der Waals surface area contributed by atoms with Crippen molar-refractivity contribution in [1.82, 2.24) is 5.32 Å². The van der Waals surface area contributed by atoms with E-state index in [1.54, 1.807) is 0 Å². The van der Waals surface area contributed by atoms with Crippen LogP contribution in [0.4, 0.5) is 0 Å². The van der Waals surface area contributed by atoms with Crippen LogP contribution in [0.1, 0.15) is 18.4 Å². The molecular formula is C13H17NO3S. The molecule has 0 spiro atoms. The SMILES string of the molecule is O=S1CCC(NCc2ccc3c(c2)OCO3)CC1. The third-order valence-electron chi connectivity index (χ3n) is 3.42. The summed E-state index contributed by atoms with van der Waals surface area (Å²) in [6, 6.07) is 6.53. The van der Waals surface area contributed by atoms with Gasteiger partial charge in [0.1, 0.15) is 0 Å². The molecule has 0 radical (unpaired) electrons. The first-order chi connectivity index (χ1) is 8.81. The number of benzene rings is 1. The predicted octanol–water partition coefficient (Wildman–Crippen LogP) is 1.42. The molecule has 1 N–H and O–H groups in total. The van der Waals surface area contributed by atoms with Crippen LogP contribution < -0.4 is 14.8 Å². The van der Waals surface area contributed by atoms with Gasteiger partial charge in [0, 0.05) is 34.9 Å². The molecular weight excluding hydrogens is 250 g/mol. The molecule has 3 rings (SSSR count). The lowest BCUT2D eigenvalue weighted by atomic mass is 10.1. The molecule has 1 aromatic rings. The summed E-state index contributed by atoms with van der Waals surface area (Å²) in [5, 5.41) is 3.52. The molecule has 0 aliphatic carbocycles. The van der Waals surface area contributed by atoms with Gasteiger partial charge < -0.3 is 14.8 Å². The topological polar surface area (TPSA) is 47.6 Å². The Balaban J connectivity index is 1.55. The average molecular weight is 267 g/mol. The second kappa shape index (κ2) is 5.28. The van der Waals surface area contributed by atoms with Crippen molar-refractivity contribution in [2.75, 3.05) is 18.3 Å². The number of nitrogens with one attached hydrogen (secondary N) is 1. The van der Waals surface area contributed by atoms with E-state index in [1.807, 2.05) is 12.1 Å². The molecule has 1 saturated heterocycles. The molecule has 1 fully saturated rings. The first-order valence-electron chi connectivity index (χ1n) is 6.28. The molecule has 0 saturated carbocycles. The van der Waals surface area contributed by atoms with E-state index in [0.29, 0.717) is 12.8 Å². The summed E-state index contributed by atoms with van der Waals surface area (Å²) < 4.78 is 21.9. The highest BCUT2D eigenvalue weighted by Crippen LogP contribution is 2.32. The number of fused-ring (bicyclic) bond motifs is 1. The van der Waals surface area contributed by atoms with Crippen LogP contribution in [0.25, 0.3) is 0 Å². The largest absolute Gasteiger partial charge is 0.454 e. The summed E-state index contributed by atoms with van der Waals surface area (Å²) in [5.74, 6) is 3.32. The molecule has 2 aliphatic rings. The first kappa shape index (κ1) is 12.0. The van der Waals surface area contributed by atoms with E-state index < -0.39 is 10.8 Å². The highest BCUT2D eigenvalue weighted by Gasteiger charge is 2.18. The van der Waals surface area contributed by atoms with Gasteiger partial charge >= 0.3 is 0 Å². The van der Waals surface area contributed by atoms with Gasteiger partial charge in [-0.25, -0.2) is 0 Å². The van der Waals surface area contributed by atoms with Crippen LogP contribution >= 0.6 is 0 Å².